The van der Waals surface area contributed by atoms with E-state index in [0.29, 0.717) is 5.92 Å². The van der Waals surface area contributed by atoms with E-state index in [2.05, 4.69) is 562 Å². The van der Waals surface area contributed by atoms with Gasteiger partial charge < -0.3 is 29.4 Å². The lowest BCUT2D eigenvalue weighted by molar-refractivity contribution is 0.618. The summed E-state index contributed by atoms with van der Waals surface area (Å²) in [7, 11) is 6.44. The van der Waals surface area contributed by atoms with Gasteiger partial charge in [0.25, 0.3) is 0 Å². The van der Waals surface area contributed by atoms with Gasteiger partial charge in [0.1, 0.15) is 0 Å². The summed E-state index contributed by atoms with van der Waals surface area (Å²) >= 11 is 0. The van der Waals surface area contributed by atoms with E-state index in [4.69, 9.17) is 0 Å². The predicted octanol–water partition coefficient (Wildman–Crippen LogP) is 35.0. The Bertz CT molecular complexity index is 7040. The third-order valence-electron chi connectivity index (χ3n) is 26.3. The van der Waals surface area contributed by atoms with Crippen molar-refractivity contribution in [2.24, 2.45) is 0 Å². The van der Waals surface area contributed by atoms with Gasteiger partial charge >= 0.3 is 0 Å². The van der Waals surface area contributed by atoms with E-state index in [1.165, 1.54) is 147 Å². The van der Waals surface area contributed by atoms with Crippen LogP contribution >= 0.6 is 0 Å². The van der Waals surface area contributed by atoms with Crippen molar-refractivity contribution >= 4 is 96.1 Å². The fraction of sp³-hybridized carbons (Fsp3) is 0.0709. The normalized spacial score (nSPS) is 12.1. The minimum atomic E-state index is 0.487. The third kappa shape index (κ3) is 18.4. The Balaban J connectivity index is 0.000000126. The zero-order valence-electron chi connectivity index (χ0n) is 75.7. The second kappa shape index (κ2) is 38.8. The molecule has 642 valence electrons. The van der Waals surface area contributed by atoms with Crippen molar-refractivity contribution in [3.63, 3.8) is 0 Å². The largest absolute Gasteiger partial charge is 0.345 e. The van der Waals surface area contributed by atoms with Crippen LogP contribution in [-0.2, 0) is 6.42 Å². The van der Waals surface area contributed by atoms with Gasteiger partial charge in [0, 0.05) is 118 Å². The molecule has 6 nitrogen and oxygen atoms in total. The van der Waals surface area contributed by atoms with Gasteiger partial charge in [0.05, 0.1) is 0 Å². The van der Waals surface area contributed by atoms with Crippen LogP contribution in [0.1, 0.15) is 46.6 Å². The molecule has 2 aliphatic carbocycles. The highest BCUT2D eigenvalue weighted by atomic mass is 15.2. The van der Waals surface area contributed by atoms with Crippen molar-refractivity contribution in [3.8, 4) is 77.9 Å². The van der Waals surface area contributed by atoms with E-state index in [9.17, 15) is 0 Å². The average Bonchev–Trinajstić information content (AvgIpc) is 0.715. The Morgan fingerprint density at radius 1 is 0.203 bits per heavy atom. The van der Waals surface area contributed by atoms with Gasteiger partial charge in [-0.1, -0.05) is 327 Å². The number of fused-ring (bicyclic) bond motifs is 2. The molecule has 0 heterocycles. The molecule has 6 heteroatoms. The fourth-order valence-electron chi connectivity index (χ4n) is 19.1. The zero-order chi connectivity index (χ0) is 89.9. The lowest BCUT2D eigenvalue weighted by atomic mass is 9.70. The Morgan fingerprint density at radius 3 is 0.812 bits per heavy atom. The van der Waals surface area contributed by atoms with Gasteiger partial charge in [0.15, 0.2) is 0 Å². The quantitative estimate of drug-likeness (QED) is 0.0709. The van der Waals surface area contributed by atoms with Crippen LogP contribution in [0.4, 0.5) is 85.3 Å². The maximum absolute atomic E-state index is 2.38. The summed E-state index contributed by atoms with van der Waals surface area (Å²) in [5.74, 6) is 0.487. The van der Waals surface area contributed by atoms with Gasteiger partial charge in [-0.15, -0.1) is 0 Å². The van der Waals surface area contributed by atoms with Gasteiger partial charge in [-0.2, -0.15) is 0 Å². The Hall–Kier alpha value is -16.5. The van der Waals surface area contributed by atoms with Crippen LogP contribution in [0.2, 0.25) is 0 Å². The molecule has 0 spiro atoms. The summed E-state index contributed by atoms with van der Waals surface area (Å²) in [6, 6.07) is 179. The molecular formula is C127H104N6. The van der Waals surface area contributed by atoms with Crippen molar-refractivity contribution in [2.75, 3.05) is 50.5 Å². The predicted molar refractivity (Wildman–Crippen MR) is 567 cm³/mol. The van der Waals surface area contributed by atoms with E-state index in [1.54, 1.807) is 5.56 Å². The van der Waals surface area contributed by atoms with E-state index < -0.39 is 0 Å². The summed E-state index contributed by atoms with van der Waals surface area (Å²) < 4.78 is 0. The van der Waals surface area contributed by atoms with Gasteiger partial charge in [-0.25, -0.2) is 0 Å². The molecule has 0 radical (unpaired) electrons. The number of hydrogen-bond acceptors (Lipinski definition) is 6. The van der Waals surface area contributed by atoms with Crippen molar-refractivity contribution in [2.45, 2.75) is 39.0 Å². The van der Waals surface area contributed by atoms with Crippen molar-refractivity contribution in [1.29, 1.82) is 0 Å². The standard InChI is InChI=1S/C51H40N2.2C38H32N2/c1-52(49-34-33-47-45-18-9-16-39-15-8-17-44(50(39)45)46-19-10-20-48(49)51(46)47)40-29-31-43(32-30-40)53(41-25-21-37(22-26-41)35-11-4-2-5-12-35)42-27-23-38(24-28-42)36-13-6-3-7-14-36;1-29-10-9-15-38(28-29)39(2)34-24-26-37(27-25-34)40(35-20-16-32(17-21-35)30-11-5-3-6-12-30)36-22-18-33(19-23-36)31-13-7-4-8-14-31;1-29-13-19-34(20-14-29)39(2)35-25-27-38(28-26-35)40(36-21-15-32(16-22-36)30-9-5-3-6-10-30)37-23-17-33(18-24-37)31-11-7-4-8-12-31/h2-7,9-14,16,18-34,44H,8,15,17H2,1H3;2*3-28H,1-2H3. The monoisotopic (exact) mass is 1710 g/mol. The molecule has 0 fully saturated rings. The van der Waals surface area contributed by atoms with Crippen LogP contribution in [0.5, 0.6) is 0 Å². The lowest BCUT2D eigenvalue weighted by Gasteiger charge is -2.35. The lowest BCUT2D eigenvalue weighted by Crippen LogP contribution is -2.17. The van der Waals surface area contributed by atoms with E-state index in [0.717, 1.165) is 68.2 Å². The molecular weight excluding hydrogens is 1610 g/mol. The van der Waals surface area contributed by atoms with E-state index >= 15 is 0 Å². The van der Waals surface area contributed by atoms with Crippen molar-refractivity contribution < 1.29 is 0 Å². The van der Waals surface area contributed by atoms with Crippen LogP contribution in [-0.4, -0.2) is 21.1 Å². The molecule has 0 bridgehead atoms. The molecule has 0 saturated heterocycles. The number of rotatable bonds is 21. The molecule has 22 rings (SSSR count). The van der Waals surface area contributed by atoms with Crippen LogP contribution in [0.25, 0.3) is 88.7 Å². The first-order chi connectivity index (χ1) is 65.5. The molecule has 0 saturated carbocycles. The Kier molecular flexibility index (Phi) is 24.7. The fourth-order valence-corrected chi connectivity index (χ4v) is 19.1. The molecule has 2 aliphatic rings. The molecule has 20 aromatic rings. The summed E-state index contributed by atoms with van der Waals surface area (Å²) in [6.45, 7) is 4.25. The van der Waals surface area contributed by atoms with Crippen molar-refractivity contribution in [1.82, 2.24) is 0 Å². The zero-order valence-corrected chi connectivity index (χ0v) is 75.7. The second-order valence-electron chi connectivity index (χ2n) is 34.6. The minimum Gasteiger partial charge on any atom is -0.345 e. The van der Waals surface area contributed by atoms with Crippen molar-refractivity contribution in [3.05, 3.63) is 525 Å². The Labute approximate surface area is 783 Å². The van der Waals surface area contributed by atoms with Crippen LogP contribution < -0.4 is 29.4 Å². The summed E-state index contributed by atoms with van der Waals surface area (Å²) in [5, 5.41) is 2.75. The van der Waals surface area contributed by atoms with Crippen LogP contribution in [0.15, 0.2) is 497 Å². The highest BCUT2D eigenvalue weighted by molar-refractivity contribution is 6.09. The number of anilines is 15. The number of hydrogen-bond donors (Lipinski definition) is 0. The van der Waals surface area contributed by atoms with Gasteiger partial charge in [-0.05, 0) is 315 Å². The third-order valence-corrected chi connectivity index (χ3v) is 26.3. The Morgan fingerprint density at radius 2 is 0.481 bits per heavy atom. The summed E-state index contributed by atoms with van der Waals surface area (Å²) in [6.07, 6.45) is 3.67. The number of benzene rings is 20. The first-order valence-corrected chi connectivity index (χ1v) is 46.2. The maximum atomic E-state index is 2.38. The maximum Gasteiger partial charge on any atom is 0.0488 e. The molecule has 0 N–H and O–H groups in total. The summed E-state index contributed by atoms with van der Waals surface area (Å²) in [5.41, 5.74) is 41.6. The van der Waals surface area contributed by atoms with Gasteiger partial charge in [-0.3, -0.25) is 0 Å². The van der Waals surface area contributed by atoms with Crippen LogP contribution in [0.3, 0.4) is 0 Å². The number of nitrogens with zero attached hydrogens (tertiary/aromatic N) is 6. The molecule has 20 aromatic carbocycles. The topological polar surface area (TPSA) is 19.4 Å². The number of aryl methyl sites for hydroxylation is 3. The first kappa shape index (κ1) is 84.6. The first-order valence-electron chi connectivity index (χ1n) is 46.2. The summed E-state index contributed by atoms with van der Waals surface area (Å²) in [4.78, 5) is 13.8. The highest BCUT2D eigenvalue weighted by Gasteiger charge is 2.33. The molecule has 0 aliphatic heterocycles. The molecule has 133 heavy (non-hydrogen) atoms. The second-order valence-corrected chi connectivity index (χ2v) is 34.6. The van der Waals surface area contributed by atoms with E-state index in [-0.39, 0.29) is 0 Å². The smallest absolute Gasteiger partial charge is 0.0488 e. The average molecular weight is 1710 g/mol. The molecule has 1 atom stereocenters. The minimum absolute atomic E-state index is 0.487. The van der Waals surface area contributed by atoms with Gasteiger partial charge in [0.2, 0.25) is 0 Å². The molecule has 0 amide bonds. The SMILES string of the molecule is CN(c1ccc(N(c2ccc(-c3ccccc3)cc2)c2ccc(-c3ccccc3)cc2)cc1)c1ccc2c3c(cccc13)C1CCCc3cccc-2c31.Cc1ccc(N(C)c2ccc(N(c3ccc(-c4ccccc4)cc3)c3ccc(-c4ccccc4)cc3)cc2)cc1.Cc1cccc(N(C)c2ccc(N(c3ccc(-c4ccccc4)cc3)c3ccc(-c4ccccc4)cc3)cc2)c1. The van der Waals surface area contributed by atoms with Crippen LogP contribution in [0, 0.1) is 13.8 Å². The molecule has 0 aromatic heterocycles. The van der Waals surface area contributed by atoms with E-state index in [1.807, 2.05) is 0 Å². The highest BCUT2D eigenvalue weighted by Crippen LogP contribution is 2.53. The molecule has 1 unspecified atom stereocenters.